The third-order valence-electron chi connectivity index (χ3n) is 5.77. The Bertz CT molecular complexity index is 892. The summed E-state index contributed by atoms with van der Waals surface area (Å²) in [4.78, 5) is 27.6. The fraction of sp³-hybridized carbons (Fsp3) is 0.526. The van der Waals surface area contributed by atoms with Crippen LogP contribution in [0.3, 0.4) is 0 Å². The number of imide groups is 1. The highest BCUT2D eigenvalue weighted by Crippen LogP contribution is 2.31. The van der Waals surface area contributed by atoms with E-state index in [1.807, 2.05) is 24.8 Å². The van der Waals surface area contributed by atoms with Crippen LogP contribution in [0.25, 0.3) is 10.9 Å². The van der Waals surface area contributed by atoms with Gasteiger partial charge in [0, 0.05) is 50.2 Å². The summed E-state index contributed by atoms with van der Waals surface area (Å²) in [6.45, 7) is 4.67. The number of nitrogens with one attached hydrogen (secondary N) is 2. The van der Waals surface area contributed by atoms with Gasteiger partial charge in [-0.3, -0.25) is 19.7 Å². The normalized spacial score (nSPS) is 23.8. The van der Waals surface area contributed by atoms with E-state index in [4.69, 9.17) is 0 Å². The molecule has 3 amide bonds. The minimum atomic E-state index is -0.404. The SMILES string of the molecule is CN[C@H]1CCN(c2ccc3c(N4CCC(=O)NC4=O)nn(C)c3c2)C[C@H]1C. The zero-order chi connectivity index (χ0) is 19.1. The lowest BCUT2D eigenvalue weighted by atomic mass is 9.93. The van der Waals surface area contributed by atoms with Crippen molar-refractivity contribution >= 4 is 34.3 Å². The molecule has 0 unspecified atom stereocenters. The van der Waals surface area contributed by atoms with Gasteiger partial charge in [-0.25, -0.2) is 4.79 Å². The topological polar surface area (TPSA) is 82.5 Å². The van der Waals surface area contributed by atoms with Crippen molar-refractivity contribution in [3.05, 3.63) is 18.2 Å². The van der Waals surface area contributed by atoms with Crippen LogP contribution in [0.4, 0.5) is 16.3 Å². The average Bonchev–Trinajstić information content (AvgIpc) is 2.97. The quantitative estimate of drug-likeness (QED) is 0.855. The molecule has 2 aliphatic rings. The third-order valence-corrected chi connectivity index (χ3v) is 5.77. The molecule has 2 aliphatic heterocycles. The summed E-state index contributed by atoms with van der Waals surface area (Å²) in [5.74, 6) is 0.945. The number of hydrogen-bond donors (Lipinski definition) is 2. The van der Waals surface area contributed by atoms with Gasteiger partial charge in [0.1, 0.15) is 0 Å². The maximum Gasteiger partial charge on any atom is 0.329 e. The van der Waals surface area contributed by atoms with Crippen molar-refractivity contribution in [1.29, 1.82) is 0 Å². The van der Waals surface area contributed by atoms with Gasteiger partial charge in [0.15, 0.2) is 5.82 Å². The summed E-state index contributed by atoms with van der Waals surface area (Å²) in [6, 6.07) is 6.44. The molecule has 1 aromatic heterocycles. The molecule has 2 saturated heterocycles. The molecule has 3 heterocycles. The van der Waals surface area contributed by atoms with Crippen molar-refractivity contribution in [2.24, 2.45) is 13.0 Å². The number of urea groups is 1. The molecular weight excluding hydrogens is 344 g/mol. The molecule has 27 heavy (non-hydrogen) atoms. The van der Waals surface area contributed by atoms with E-state index in [-0.39, 0.29) is 5.91 Å². The molecule has 2 atom stereocenters. The van der Waals surface area contributed by atoms with E-state index < -0.39 is 6.03 Å². The Balaban J connectivity index is 1.64. The zero-order valence-electron chi connectivity index (χ0n) is 16.0. The fourth-order valence-corrected chi connectivity index (χ4v) is 4.20. The Morgan fingerprint density at radius 1 is 1.26 bits per heavy atom. The highest BCUT2D eigenvalue weighted by Gasteiger charge is 2.29. The maximum absolute atomic E-state index is 12.2. The number of nitrogens with zero attached hydrogens (tertiary/aromatic N) is 4. The number of benzene rings is 1. The van der Waals surface area contributed by atoms with Gasteiger partial charge in [-0.1, -0.05) is 6.92 Å². The number of fused-ring (bicyclic) bond motifs is 1. The predicted molar refractivity (Wildman–Crippen MR) is 105 cm³/mol. The van der Waals surface area contributed by atoms with Gasteiger partial charge in [0.2, 0.25) is 5.91 Å². The molecule has 2 N–H and O–H groups in total. The van der Waals surface area contributed by atoms with Crippen LogP contribution in [0.15, 0.2) is 18.2 Å². The summed E-state index contributed by atoms with van der Waals surface area (Å²) in [5, 5.41) is 11.2. The first-order valence-corrected chi connectivity index (χ1v) is 9.48. The third kappa shape index (κ3) is 3.14. The lowest BCUT2D eigenvalue weighted by molar-refractivity contribution is -0.120. The van der Waals surface area contributed by atoms with Crippen LogP contribution in [0.2, 0.25) is 0 Å². The molecule has 0 spiro atoms. The van der Waals surface area contributed by atoms with Gasteiger partial charge >= 0.3 is 6.03 Å². The Morgan fingerprint density at radius 2 is 2.07 bits per heavy atom. The van der Waals surface area contributed by atoms with E-state index in [1.54, 1.807) is 4.90 Å². The van der Waals surface area contributed by atoms with Crippen molar-refractivity contribution in [2.45, 2.75) is 25.8 Å². The lowest BCUT2D eigenvalue weighted by Crippen LogP contribution is -2.49. The molecule has 144 valence electrons. The summed E-state index contributed by atoms with van der Waals surface area (Å²) >= 11 is 0. The second-order valence-electron chi connectivity index (χ2n) is 7.51. The summed E-state index contributed by atoms with van der Waals surface area (Å²) < 4.78 is 1.81. The van der Waals surface area contributed by atoms with Gasteiger partial charge < -0.3 is 10.2 Å². The van der Waals surface area contributed by atoms with E-state index in [9.17, 15) is 9.59 Å². The number of amides is 3. The molecule has 1 aromatic carbocycles. The fourth-order valence-electron chi connectivity index (χ4n) is 4.20. The van der Waals surface area contributed by atoms with E-state index in [2.05, 4.69) is 39.7 Å². The van der Waals surface area contributed by atoms with Gasteiger partial charge in [-0.15, -0.1) is 0 Å². The number of hydrogen-bond acceptors (Lipinski definition) is 5. The molecule has 8 nitrogen and oxygen atoms in total. The lowest BCUT2D eigenvalue weighted by Gasteiger charge is -2.38. The van der Waals surface area contributed by atoms with Gasteiger partial charge in [-0.05, 0) is 37.6 Å². The molecule has 2 aromatic rings. The minimum absolute atomic E-state index is 0.238. The van der Waals surface area contributed by atoms with Gasteiger partial charge in [0.05, 0.1) is 5.52 Å². The number of carbonyl (C=O) groups is 2. The first-order chi connectivity index (χ1) is 13.0. The molecule has 0 saturated carbocycles. The van der Waals surface area contributed by atoms with Crippen molar-refractivity contribution in [3.8, 4) is 0 Å². The highest BCUT2D eigenvalue weighted by atomic mass is 16.2. The molecule has 8 heteroatoms. The molecule has 2 fully saturated rings. The van der Waals surface area contributed by atoms with Crippen molar-refractivity contribution in [1.82, 2.24) is 20.4 Å². The van der Waals surface area contributed by atoms with E-state index in [1.165, 1.54) is 5.69 Å². The number of aromatic nitrogens is 2. The number of aryl methyl sites for hydroxylation is 1. The van der Waals surface area contributed by atoms with Gasteiger partial charge in [-0.2, -0.15) is 5.10 Å². The zero-order valence-corrected chi connectivity index (χ0v) is 16.0. The monoisotopic (exact) mass is 370 g/mol. The minimum Gasteiger partial charge on any atom is -0.371 e. The number of rotatable bonds is 3. The van der Waals surface area contributed by atoms with Crippen LogP contribution in [-0.2, 0) is 11.8 Å². The number of anilines is 2. The number of piperidine rings is 1. The second-order valence-corrected chi connectivity index (χ2v) is 7.51. The van der Waals surface area contributed by atoms with Crippen LogP contribution in [-0.4, -0.2) is 54.4 Å². The smallest absolute Gasteiger partial charge is 0.329 e. The van der Waals surface area contributed by atoms with Crippen LogP contribution in [0.5, 0.6) is 0 Å². The van der Waals surface area contributed by atoms with Gasteiger partial charge in [0.25, 0.3) is 0 Å². The molecule has 4 rings (SSSR count). The van der Waals surface area contributed by atoms with Crippen LogP contribution in [0, 0.1) is 5.92 Å². The molecule has 0 bridgehead atoms. The summed E-state index contributed by atoms with van der Waals surface area (Å²) in [5.41, 5.74) is 2.16. The Morgan fingerprint density at radius 3 is 2.78 bits per heavy atom. The Hall–Kier alpha value is -2.61. The predicted octanol–water partition coefficient (Wildman–Crippen LogP) is 1.45. The van der Waals surface area contributed by atoms with Crippen LogP contribution in [0.1, 0.15) is 19.8 Å². The standard InChI is InChI=1S/C19H26N6O2/c1-12-11-24(8-6-15(12)20-2)13-4-5-14-16(10-13)23(3)22-18(14)25-9-7-17(26)21-19(25)27/h4-5,10,12,15,20H,6-9,11H2,1-3H3,(H,21,26,27)/t12-,15+/m1/s1. The summed E-state index contributed by atoms with van der Waals surface area (Å²) in [6.07, 6.45) is 1.41. The second kappa shape index (κ2) is 6.84. The van der Waals surface area contributed by atoms with E-state index >= 15 is 0 Å². The van der Waals surface area contributed by atoms with E-state index in [0.29, 0.717) is 30.7 Å². The Labute approximate surface area is 158 Å². The summed E-state index contributed by atoms with van der Waals surface area (Å²) in [7, 11) is 3.92. The Kier molecular flexibility index (Phi) is 4.51. The molecule has 0 aliphatic carbocycles. The van der Waals surface area contributed by atoms with E-state index in [0.717, 1.165) is 30.4 Å². The van der Waals surface area contributed by atoms with Crippen molar-refractivity contribution in [3.63, 3.8) is 0 Å². The molecular formula is C19H26N6O2. The average molecular weight is 370 g/mol. The molecule has 0 radical (unpaired) electrons. The first kappa shape index (κ1) is 17.8. The van der Waals surface area contributed by atoms with Crippen molar-refractivity contribution in [2.75, 3.05) is 36.5 Å². The highest BCUT2D eigenvalue weighted by molar-refractivity contribution is 6.09. The maximum atomic E-state index is 12.2. The first-order valence-electron chi connectivity index (χ1n) is 9.48. The van der Waals surface area contributed by atoms with Crippen molar-refractivity contribution < 1.29 is 9.59 Å². The number of carbonyl (C=O) groups excluding carboxylic acids is 2. The largest absolute Gasteiger partial charge is 0.371 e. The van der Waals surface area contributed by atoms with Crippen LogP contribution < -0.4 is 20.4 Å². The van der Waals surface area contributed by atoms with Crippen LogP contribution >= 0.6 is 0 Å².